The summed E-state index contributed by atoms with van der Waals surface area (Å²) in [6.07, 6.45) is 3.32. The van der Waals surface area contributed by atoms with E-state index in [1.165, 1.54) is 24.9 Å². The van der Waals surface area contributed by atoms with Gasteiger partial charge in [-0.25, -0.2) is 0 Å². The average molecular weight is 356 g/mol. The quantitative estimate of drug-likeness (QED) is 0.759. The lowest BCUT2D eigenvalue weighted by atomic mass is 9.94. The van der Waals surface area contributed by atoms with Crippen LogP contribution in [0.1, 0.15) is 30.1 Å². The second-order valence-corrected chi connectivity index (χ2v) is 7.55. The zero-order valence-electron chi connectivity index (χ0n) is 15.5. The van der Waals surface area contributed by atoms with Crippen molar-refractivity contribution < 1.29 is 9.26 Å². The first-order valence-corrected chi connectivity index (χ1v) is 9.61. The molecule has 6 nitrogen and oxygen atoms in total. The van der Waals surface area contributed by atoms with E-state index in [2.05, 4.69) is 50.3 Å². The Morgan fingerprint density at radius 2 is 2.00 bits per heavy atom. The first kappa shape index (κ1) is 17.6. The van der Waals surface area contributed by atoms with Gasteiger partial charge in [-0.05, 0) is 24.3 Å². The molecule has 3 fully saturated rings. The number of fused-ring (bicyclic) bond motifs is 4. The molecule has 4 heterocycles. The molecule has 3 saturated heterocycles. The fourth-order valence-electron chi connectivity index (χ4n) is 4.26. The van der Waals surface area contributed by atoms with Crippen LogP contribution < -0.4 is 0 Å². The SMILES string of the molecule is COCCc1noc(CN2C[C@H]3CC[C@@H](C2)N(Cc2ccccc2)C3)n1. The molecule has 3 aliphatic heterocycles. The Balaban J connectivity index is 1.37. The highest BCUT2D eigenvalue weighted by Gasteiger charge is 2.35. The number of hydrogen-bond donors (Lipinski definition) is 0. The van der Waals surface area contributed by atoms with Crippen LogP contribution in [0.4, 0.5) is 0 Å². The molecule has 0 N–H and O–H groups in total. The van der Waals surface area contributed by atoms with E-state index >= 15 is 0 Å². The van der Waals surface area contributed by atoms with Crippen LogP contribution in [0.2, 0.25) is 0 Å². The molecule has 0 unspecified atom stereocenters. The number of nitrogens with zero attached hydrogens (tertiary/aromatic N) is 4. The number of rotatable bonds is 7. The zero-order chi connectivity index (χ0) is 17.8. The Morgan fingerprint density at radius 3 is 2.85 bits per heavy atom. The number of benzene rings is 1. The van der Waals surface area contributed by atoms with Crippen molar-refractivity contribution in [1.82, 2.24) is 19.9 Å². The lowest BCUT2D eigenvalue weighted by molar-refractivity contribution is 0.122. The van der Waals surface area contributed by atoms with Crippen molar-refractivity contribution >= 4 is 0 Å². The molecule has 0 saturated carbocycles. The predicted molar refractivity (Wildman–Crippen MR) is 98.5 cm³/mol. The minimum absolute atomic E-state index is 0.616. The third-order valence-electron chi connectivity index (χ3n) is 5.53. The van der Waals surface area contributed by atoms with E-state index in [0.29, 0.717) is 19.1 Å². The summed E-state index contributed by atoms with van der Waals surface area (Å²) < 4.78 is 10.5. The molecule has 0 amide bonds. The van der Waals surface area contributed by atoms with Crippen LogP contribution in [0, 0.1) is 5.92 Å². The van der Waals surface area contributed by atoms with Crippen molar-refractivity contribution in [2.45, 2.75) is 38.4 Å². The number of hydrogen-bond acceptors (Lipinski definition) is 6. The van der Waals surface area contributed by atoms with Crippen LogP contribution in [0.3, 0.4) is 0 Å². The molecule has 2 aromatic rings. The third kappa shape index (κ3) is 4.31. The first-order chi connectivity index (χ1) is 12.8. The molecule has 3 aliphatic rings. The first-order valence-electron chi connectivity index (χ1n) is 9.61. The molecule has 2 atom stereocenters. The van der Waals surface area contributed by atoms with Crippen molar-refractivity contribution in [2.75, 3.05) is 33.4 Å². The van der Waals surface area contributed by atoms with Gasteiger partial charge in [-0.2, -0.15) is 4.98 Å². The van der Waals surface area contributed by atoms with Gasteiger partial charge in [-0.15, -0.1) is 0 Å². The van der Waals surface area contributed by atoms with Gasteiger partial charge in [-0.1, -0.05) is 35.5 Å². The normalized spacial score (nSPS) is 24.0. The van der Waals surface area contributed by atoms with E-state index in [9.17, 15) is 0 Å². The molecule has 1 aromatic carbocycles. The van der Waals surface area contributed by atoms with E-state index in [1.807, 2.05) is 0 Å². The average Bonchev–Trinajstić information content (AvgIpc) is 2.92. The molecule has 140 valence electrons. The largest absolute Gasteiger partial charge is 0.384 e. The summed E-state index contributed by atoms with van der Waals surface area (Å²) in [4.78, 5) is 9.69. The molecular formula is C20H28N4O2. The van der Waals surface area contributed by atoms with E-state index in [4.69, 9.17) is 9.26 Å². The summed E-state index contributed by atoms with van der Waals surface area (Å²) in [5.41, 5.74) is 1.41. The Labute approximate surface area is 155 Å². The van der Waals surface area contributed by atoms with Crippen molar-refractivity contribution in [3.05, 3.63) is 47.6 Å². The molecule has 6 heteroatoms. The predicted octanol–water partition coefficient (Wildman–Crippen LogP) is 2.35. The fraction of sp³-hybridized carbons (Fsp3) is 0.600. The van der Waals surface area contributed by atoms with Gasteiger partial charge in [-0.3, -0.25) is 9.80 Å². The van der Waals surface area contributed by atoms with E-state index < -0.39 is 0 Å². The topological polar surface area (TPSA) is 54.6 Å². The Morgan fingerprint density at radius 1 is 1.12 bits per heavy atom. The number of aromatic nitrogens is 2. The van der Waals surface area contributed by atoms with Crippen LogP contribution in [0.5, 0.6) is 0 Å². The van der Waals surface area contributed by atoms with Gasteiger partial charge >= 0.3 is 0 Å². The molecule has 2 bridgehead atoms. The van der Waals surface area contributed by atoms with Crippen molar-refractivity contribution in [3.63, 3.8) is 0 Å². The van der Waals surface area contributed by atoms with Gasteiger partial charge in [0.1, 0.15) is 0 Å². The molecule has 0 aliphatic carbocycles. The maximum atomic E-state index is 5.45. The van der Waals surface area contributed by atoms with Gasteiger partial charge in [0.25, 0.3) is 0 Å². The monoisotopic (exact) mass is 356 g/mol. The van der Waals surface area contributed by atoms with Crippen LogP contribution in [0.25, 0.3) is 0 Å². The van der Waals surface area contributed by atoms with Gasteiger partial charge in [0, 0.05) is 45.8 Å². The van der Waals surface area contributed by atoms with Crippen LogP contribution >= 0.6 is 0 Å². The van der Waals surface area contributed by atoms with Gasteiger partial charge in [0.05, 0.1) is 13.2 Å². The standard InChI is InChI=1S/C20H28N4O2/c1-25-10-9-19-21-20(26-22-19)15-23-11-17-7-8-18(14-23)24(13-17)12-16-5-3-2-4-6-16/h2-6,17-18H,7-15H2,1H3/t17-,18+/m1/s1. The molecule has 1 aromatic heterocycles. The Bertz CT molecular complexity index is 690. The molecule has 0 spiro atoms. The van der Waals surface area contributed by atoms with Crippen LogP contribution in [0.15, 0.2) is 34.9 Å². The maximum Gasteiger partial charge on any atom is 0.240 e. The second-order valence-electron chi connectivity index (χ2n) is 7.55. The van der Waals surface area contributed by atoms with Crippen LogP contribution in [-0.4, -0.2) is 59.3 Å². The summed E-state index contributed by atoms with van der Waals surface area (Å²) in [6.45, 7) is 5.83. The van der Waals surface area contributed by atoms with E-state index in [0.717, 1.165) is 43.8 Å². The third-order valence-corrected chi connectivity index (χ3v) is 5.53. The smallest absolute Gasteiger partial charge is 0.240 e. The zero-order valence-corrected chi connectivity index (χ0v) is 15.5. The molecular weight excluding hydrogens is 328 g/mol. The Hall–Kier alpha value is -1.76. The fourth-order valence-corrected chi connectivity index (χ4v) is 4.26. The summed E-state index contributed by atoms with van der Waals surface area (Å²) in [6, 6.07) is 11.4. The maximum absolute atomic E-state index is 5.45. The van der Waals surface area contributed by atoms with Gasteiger partial charge in [0.15, 0.2) is 5.82 Å². The van der Waals surface area contributed by atoms with E-state index in [-0.39, 0.29) is 0 Å². The highest BCUT2D eigenvalue weighted by atomic mass is 16.5. The Kier molecular flexibility index (Phi) is 5.62. The second kappa shape index (κ2) is 8.29. The summed E-state index contributed by atoms with van der Waals surface area (Å²) in [5.74, 6) is 2.20. The van der Waals surface area contributed by atoms with Gasteiger partial charge < -0.3 is 9.26 Å². The molecule has 0 radical (unpaired) electrons. The van der Waals surface area contributed by atoms with Crippen molar-refractivity contribution in [1.29, 1.82) is 0 Å². The summed E-state index contributed by atoms with van der Waals surface area (Å²) in [7, 11) is 1.69. The van der Waals surface area contributed by atoms with E-state index in [1.54, 1.807) is 7.11 Å². The minimum atomic E-state index is 0.616. The number of ether oxygens (including phenoxy) is 1. The van der Waals surface area contributed by atoms with Crippen LogP contribution in [-0.2, 0) is 24.2 Å². The summed E-state index contributed by atoms with van der Waals surface area (Å²) in [5, 5.41) is 4.06. The lowest BCUT2D eigenvalue weighted by Gasteiger charge is -2.36. The molecule has 5 rings (SSSR count). The van der Waals surface area contributed by atoms with Crippen molar-refractivity contribution in [3.8, 4) is 0 Å². The lowest BCUT2D eigenvalue weighted by Crippen LogP contribution is -2.43. The highest BCUT2D eigenvalue weighted by Crippen LogP contribution is 2.29. The van der Waals surface area contributed by atoms with Crippen molar-refractivity contribution in [2.24, 2.45) is 5.92 Å². The molecule has 26 heavy (non-hydrogen) atoms. The number of methoxy groups -OCH3 is 1. The highest BCUT2D eigenvalue weighted by molar-refractivity contribution is 5.15. The summed E-state index contributed by atoms with van der Waals surface area (Å²) >= 11 is 0. The van der Waals surface area contributed by atoms with Gasteiger partial charge in [0.2, 0.25) is 5.89 Å². The number of piperidine rings is 1. The minimum Gasteiger partial charge on any atom is -0.384 e.